The SMILES string of the molecule is CCC(=Cc1csc(C)n1)CNC(C)C. The van der Waals surface area contributed by atoms with Gasteiger partial charge < -0.3 is 5.32 Å². The van der Waals surface area contributed by atoms with Crippen molar-refractivity contribution in [1.82, 2.24) is 10.3 Å². The second-order valence-electron chi connectivity index (χ2n) is 3.98. The summed E-state index contributed by atoms with van der Waals surface area (Å²) >= 11 is 1.71. The van der Waals surface area contributed by atoms with Gasteiger partial charge in [0.05, 0.1) is 10.7 Å². The van der Waals surface area contributed by atoms with Gasteiger partial charge in [0.15, 0.2) is 0 Å². The molecule has 0 saturated carbocycles. The van der Waals surface area contributed by atoms with Crippen molar-refractivity contribution in [1.29, 1.82) is 0 Å². The van der Waals surface area contributed by atoms with Gasteiger partial charge >= 0.3 is 0 Å². The predicted octanol–water partition coefficient (Wildman–Crippen LogP) is 3.24. The number of nitrogens with one attached hydrogen (secondary N) is 1. The molecule has 0 aliphatic heterocycles. The monoisotopic (exact) mass is 224 g/mol. The Kier molecular flexibility index (Phi) is 4.99. The van der Waals surface area contributed by atoms with Gasteiger partial charge in [0.25, 0.3) is 0 Å². The molecular weight excluding hydrogens is 204 g/mol. The minimum absolute atomic E-state index is 0.539. The summed E-state index contributed by atoms with van der Waals surface area (Å²) in [4.78, 5) is 4.44. The van der Waals surface area contributed by atoms with E-state index < -0.39 is 0 Å². The summed E-state index contributed by atoms with van der Waals surface area (Å²) in [6.45, 7) is 9.53. The summed E-state index contributed by atoms with van der Waals surface area (Å²) in [6.07, 6.45) is 3.27. The number of rotatable bonds is 5. The van der Waals surface area contributed by atoms with Crippen LogP contribution in [0.4, 0.5) is 0 Å². The molecule has 0 radical (unpaired) electrons. The van der Waals surface area contributed by atoms with Gasteiger partial charge in [-0.15, -0.1) is 11.3 Å². The molecule has 0 unspecified atom stereocenters. The van der Waals surface area contributed by atoms with Gasteiger partial charge in [0.1, 0.15) is 0 Å². The Morgan fingerprint density at radius 1 is 1.60 bits per heavy atom. The third kappa shape index (κ3) is 4.58. The predicted molar refractivity (Wildman–Crippen MR) is 68.3 cm³/mol. The highest BCUT2D eigenvalue weighted by Crippen LogP contribution is 2.13. The van der Waals surface area contributed by atoms with E-state index in [4.69, 9.17) is 0 Å². The minimum Gasteiger partial charge on any atom is -0.311 e. The van der Waals surface area contributed by atoms with Gasteiger partial charge in [-0.3, -0.25) is 0 Å². The molecular formula is C12H20N2S. The Hall–Kier alpha value is -0.670. The molecule has 0 bridgehead atoms. The van der Waals surface area contributed by atoms with Crippen LogP contribution in [0.15, 0.2) is 11.0 Å². The quantitative estimate of drug-likeness (QED) is 0.830. The third-order valence-corrected chi connectivity index (χ3v) is 2.97. The zero-order chi connectivity index (χ0) is 11.3. The van der Waals surface area contributed by atoms with E-state index in [1.165, 1.54) is 5.57 Å². The second-order valence-corrected chi connectivity index (χ2v) is 5.05. The van der Waals surface area contributed by atoms with Crippen molar-refractivity contribution in [3.05, 3.63) is 21.7 Å². The molecule has 1 rings (SSSR count). The Morgan fingerprint density at radius 2 is 2.33 bits per heavy atom. The zero-order valence-electron chi connectivity index (χ0n) is 10.0. The van der Waals surface area contributed by atoms with E-state index >= 15 is 0 Å². The van der Waals surface area contributed by atoms with Crippen LogP contribution in [0.5, 0.6) is 0 Å². The Labute approximate surface area is 96.4 Å². The van der Waals surface area contributed by atoms with E-state index in [1.807, 2.05) is 6.92 Å². The standard InChI is InChI=1S/C12H20N2S/c1-5-11(7-13-9(2)3)6-12-8-15-10(4)14-12/h6,8-9,13H,5,7H2,1-4H3. The van der Waals surface area contributed by atoms with Crippen molar-refractivity contribution >= 4 is 17.4 Å². The molecule has 1 aromatic heterocycles. The van der Waals surface area contributed by atoms with E-state index in [2.05, 4.69) is 42.5 Å². The van der Waals surface area contributed by atoms with E-state index in [0.29, 0.717) is 6.04 Å². The van der Waals surface area contributed by atoms with Crippen LogP contribution in [-0.4, -0.2) is 17.6 Å². The van der Waals surface area contributed by atoms with Crippen LogP contribution >= 0.6 is 11.3 Å². The number of aryl methyl sites for hydroxylation is 1. The Bertz CT molecular complexity index is 326. The highest BCUT2D eigenvalue weighted by molar-refractivity contribution is 7.09. The van der Waals surface area contributed by atoms with Crippen LogP contribution in [0.3, 0.4) is 0 Å². The highest BCUT2D eigenvalue weighted by atomic mass is 32.1. The van der Waals surface area contributed by atoms with E-state index in [1.54, 1.807) is 11.3 Å². The smallest absolute Gasteiger partial charge is 0.0901 e. The molecule has 0 aliphatic rings. The number of hydrogen-bond donors (Lipinski definition) is 1. The maximum atomic E-state index is 4.44. The largest absolute Gasteiger partial charge is 0.311 e. The summed E-state index contributed by atoms with van der Waals surface area (Å²) < 4.78 is 0. The molecule has 15 heavy (non-hydrogen) atoms. The molecule has 84 valence electrons. The van der Waals surface area contributed by atoms with Crippen molar-refractivity contribution in [2.24, 2.45) is 0 Å². The second kappa shape index (κ2) is 6.03. The molecule has 0 aliphatic carbocycles. The lowest BCUT2D eigenvalue weighted by Crippen LogP contribution is -2.24. The lowest BCUT2D eigenvalue weighted by Gasteiger charge is -2.09. The van der Waals surface area contributed by atoms with Crippen molar-refractivity contribution in [3.8, 4) is 0 Å². The average Bonchev–Trinajstić information content (AvgIpc) is 2.58. The fourth-order valence-corrected chi connectivity index (χ4v) is 1.84. The topological polar surface area (TPSA) is 24.9 Å². The molecule has 0 fully saturated rings. The molecule has 1 heterocycles. The van der Waals surface area contributed by atoms with Crippen LogP contribution < -0.4 is 5.32 Å². The molecule has 3 heteroatoms. The molecule has 0 atom stereocenters. The molecule has 2 nitrogen and oxygen atoms in total. The van der Waals surface area contributed by atoms with Crippen molar-refractivity contribution in [2.45, 2.75) is 40.2 Å². The third-order valence-electron chi connectivity index (χ3n) is 2.18. The van der Waals surface area contributed by atoms with Gasteiger partial charge in [-0.2, -0.15) is 0 Å². The van der Waals surface area contributed by atoms with Crippen molar-refractivity contribution in [2.75, 3.05) is 6.54 Å². The molecule has 0 aromatic carbocycles. The fraction of sp³-hybridized carbons (Fsp3) is 0.583. The summed E-state index contributed by atoms with van der Waals surface area (Å²) in [7, 11) is 0. The van der Waals surface area contributed by atoms with Crippen LogP contribution in [0.1, 0.15) is 37.9 Å². The fourth-order valence-electron chi connectivity index (χ4n) is 1.27. The first-order chi connectivity index (χ1) is 7.11. The van der Waals surface area contributed by atoms with Crippen LogP contribution in [0, 0.1) is 6.92 Å². The zero-order valence-corrected chi connectivity index (χ0v) is 10.8. The van der Waals surface area contributed by atoms with Gasteiger partial charge in [0.2, 0.25) is 0 Å². The maximum Gasteiger partial charge on any atom is 0.0901 e. The number of thiazole rings is 1. The van der Waals surface area contributed by atoms with Crippen LogP contribution in [-0.2, 0) is 0 Å². The van der Waals surface area contributed by atoms with Gasteiger partial charge in [-0.1, -0.05) is 26.3 Å². The number of aromatic nitrogens is 1. The van der Waals surface area contributed by atoms with Gasteiger partial charge in [-0.05, 0) is 19.4 Å². The first kappa shape index (κ1) is 12.4. The first-order valence-electron chi connectivity index (χ1n) is 5.46. The lowest BCUT2D eigenvalue weighted by molar-refractivity contribution is 0.617. The summed E-state index contributed by atoms with van der Waals surface area (Å²) in [5, 5.41) is 6.68. The Morgan fingerprint density at radius 3 is 2.80 bits per heavy atom. The molecule has 1 N–H and O–H groups in total. The maximum absolute atomic E-state index is 4.44. The van der Waals surface area contributed by atoms with Crippen molar-refractivity contribution < 1.29 is 0 Å². The van der Waals surface area contributed by atoms with Gasteiger partial charge in [-0.25, -0.2) is 4.98 Å². The van der Waals surface area contributed by atoms with E-state index in [9.17, 15) is 0 Å². The molecule has 1 aromatic rings. The number of nitrogens with zero attached hydrogens (tertiary/aromatic N) is 1. The normalized spacial score (nSPS) is 12.5. The van der Waals surface area contributed by atoms with Crippen LogP contribution in [0.25, 0.3) is 6.08 Å². The summed E-state index contributed by atoms with van der Waals surface area (Å²) in [5.74, 6) is 0. The summed E-state index contributed by atoms with van der Waals surface area (Å²) in [6, 6.07) is 0.539. The number of hydrogen-bond acceptors (Lipinski definition) is 3. The molecule has 0 saturated heterocycles. The van der Waals surface area contributed by atoms with Crippen LogP contribution in [0.2, 0.25) is 0 Å². The van der Waals surface area contributed by atoms with E-state index in [-0.39, 0.29) is 0 Å². The van der Waals surface area contributed by atoms with E-state index in [0.717, 1.165) is 23.7 Å². The Balaban J connectivity index is 2.61. The van der Waals surface area contributed by atoms with Gasteiger partial charge in [0, 0.05) is 18.0 Å². The summed E-state index contributed by atoms with van der Waals surface area (Å²) in [5.41, 5.74) is 2.51. The lowest BCUT2D eigenvalue weighted by atomic mass is 10.1. The highest BCUT2D eigenvalue weighted by Gasteiger charge is 1.99. The molecule has 0 spiro atoms. The minimum atomic E-state index is 0.539. The first-order valence-corrected chi connectivity index (χ1v) is 6.34. The molecule has 0 amide bonds. The van der Waals surface area contributed by atoms with Crippen molar-refractivity contribution in [3.63, 3.8) is 0 Å². The average molecular weight is 224 g/mol.